The molecule has 4 fully saturated rings. The summed E-state index contributed by atoms with van der Waals surface area (Å²) in [5.74, 6) is 1.61. The van der Waals surface area contributed by atoms with Gasteiger partial charge in [-0.05, 0) is 92.8 Å². The molecule has 1 heterocycles. The van der Waals surface area contributed by atoms with Crippen LogP contribution in [0.4, 0.5) is 5.69 Å². The van der Waals surface area contributed by atoms with E-state index in [0.717, 1.165) is 34.4 Å². The fourth-order valence-electron chi connectivity index (χ4n) is 9.22. The minimum absolute atomic E-state index is 0.0885. The second kappa shape index (κ2) is 16.2. The fraction of sp³-hybridized carbons (Fsp3) is 0.535. The van der Waals surface area contributed by atoms with E-state index in [9.17, 15) is 14.7 Å². The molecule has 3 aromatic rings. The average Bonchev–Trinajstić information content (AvgIpc) is 3.56. The van der Waals surface area contributed by atoms with Gasteiger partial charge in [0.1, 0.15) is 11.8 Å². The quantitative estimate of drug-likeness (QED) is 0.170. The van der Waals surface area contributed by atoms with Crippen LogP contribution >= 0.6 is 0 Å². The maximum Gasteiger partial charge on any atom is 0.251 e. The number of aliphatic hydroxyl groups excluding tert-OH is 1. The van der Waals surface area contributed by atoms with Crippen LogP contribution < -0.4 is 20.7 Å². The third kappa shape index (κ3) is 8.26. The molecule has 286 valence electrons. The van der Waals surface area contributed by atoms with E-state index in [-0.39, 0.29) is 43.0 Å². The third-order valence-corrected chi connectivity index (χ3v) is 12.4. The molecule has 3 aromatic carbocycles. The van der Waals surface area contributed by atoms with Crippen molar-refractivity contribution in [1.82, 2.24) is 20.6 Å². The Kier molecular flexibility index (Phi) is 11.8. The zero-order valence-corrected chi connectivity index (χ0v) is 32.7. The largest absolute Gasteiger partial charge is 0.496 e. The molecule has 4 N–H and O–H groups in total. The monoisotopic (exact) mass is 725 g/mol. The lowest BCUT2D eigenvalue weighted by Crippen LogP contribution is -2.62. The number of anilines is 1. The number of aliphatic hydroxyl groups is 1. The van der Waals surface area contributed by atoms with Crippen molar-refractivity contribution in [2.45, 2.75) is 77.7 Å². The van der Waals surface area contributed by atoms with Crippen LogP contribution in [0, 0.1) is 29.1 Å². The van der Waals surface area contributed by atoms with E-state index in [0.29, 0.717) is 47.4 Å². The Balaban J connectivity index is 1.23. The molecule has 10 heteroatoms. The summed E-state index contributed by atoms with van der Waals surface area (Å²) >= 11 is 0. The zero-order chi connectivity index (χ0) is 38.0. The van der Waals surface area contributed by atoms with Gasteiger partial charge in [-0.15, -0.1) is 0 Å². The van der Waals surface area contributed by atoms with Gasteiger partial charge in [0.25, 0.3) is 5.91 Å². The van der Waals surface area contributed by atoms with Gasteiger partial charge in [-0.2, -0.15) is 5.06 Å². The Morgan fingerprint density at radius 3 is 2.47 bits per heavy atom. The van der Waals surface area contributed by atoms with Crippen LogP contribution in [0.2, 0.25) is 0 Å². The van der Waals surface area contributed by atoms with E-state index < -0.39 is 12.1 Å². The zero-order valence-electron chi connectivity index (χ0n) is 32.7. The first kappa shape index (κ1) is 38.8. The molecule has 2 bridgehead atoms. The predicted octanol–water partition coefficient (Wildman–Crippen LogP) is 5.61. The molecule has 0 radical (unpaired) electrons. The van der Waals surface area contributed by atoms with Gasteiger partial charge in [0.2, 0.25) is 5.91 Å². The highest BCUT2D eigenvalue weighted by molar-refractivity contribution is 5.97. The topological polar surface area (TPSA) is 115 Å². The molecule has 2 amide bonds. The van der Waals surface area contributed by atoms with Crippen molar-refractivity contribution in [2.24, 2.45) is 29.1 Å². The summed E-state index contributed by atoms with van der Waals surface area (Å²) in [6.45, 7) is 9.94. The molecule has 1 aliphatic heterocycles. The lowest BCUT2D eigenvalue weighted by molar-refractivity contribution is -0.161. The van der Waals surface area contributed by atoms with Crippen LogP contribution in [0.3, 0.4) is 0 Å². The highest BCUT2D eigenvalue weighted by Crippen LogP contribution is 2.61. The fourth-order valence-corrected chi connectivity index (χ4v) is 9.22. The molecule has 3 saturated carbocycles. The first-order valence-corrected chi connectivity index (χ1v) is 19.2. The smallest absolute Gasteiger partial charge is 0.251 e. The Morgan fingerprint density at radius 2 is 1.83 bits per heavy atom. The second-order valence-corrected chi connectivity index (χ2v) is 16.5. The highest BCUT2D eigenvalue weighted by Gasteiger charge is 2.57. The second-order valence-electron chi connectivity index (χ2n) is 16.5. The predicted molar refractivity (Wildman–Crippen MR) is 209 cm³/mol. The molecule has 0 aromatic heterocycles. The minimum Gasteiger partial charge on any atom is -0.496 e. The summed E-state index contributed by atoms with van der Waals surface area (Å²) in [7, 11) is 7.49. The molecule has 1 saturated heterocycles. The summed E-state index contributed by atoms with van der Waals surface area (Å²) < 4.78 is 6.07. The van der Waals surface area contributed by atoms with E-state index in [1.807, 2.05) is 75.7 Å². The van der Waals surface area contributed by atoms with E-state index in [1.54, 1.807) is 19.1 Å². The summed E-state index contributed by atoms with van der Waals surface area (Å²) in [5, 5.41) is 22.4. The van der Waals surface area contributed by atoms with Gasteiger partial charge in [0.05, 0.1) is 26.4 Å². The summed E-state index contributed by atoms with van der Waals surface area (Å²) in [6, 6.07) is 21.2. The van der Waals surface area contributed by atoms with Crippen LogP contribution in [0.15, 0.2) is 66.7 Å². The molecular weight excluding hydrogens is 667 g/mol. The van der Waals surface area contributed by atoms with Crippen LogP contribution in [-0.2, 0) is 22.6 Å². The molecule has 53 heavy (non-hydrogen) atoms. The number of hydrogen-bond donors (Lipinski definition) is 4. The van der Waals surface area contributed by atoms with Gasteiger partial charge >= 0.3 is 0 Å². The molecule has 4 aliphatic rings. The van der Waals surface area contributed by atoms with Crippen molar-refractivity contribution in [3.63, 3.8) is 0 Å². The first-order chi connectivity index (χ1) is 25.3. The molecule has 0 spiro atoms. The van der Waals surface area contributed by atoms with Gasteiger partial charge in [-0.1, -0.05) is 69.3 Å². The number of nitrogens with zero attached hydrogens (tertiary/aromatic N) is 2. The lowest BCUT2D eigenvalue weighted by Gasteiger charge is -2.62. The minimum atomic E-state index is -0.723. The number of nitrogens with one attached hydrogen (secondary N) is 3. The number of carbonyl (C=O) groups is 2. The average molecular weight is 726 g/mol. The molecule has 10 nitrogen and oxygen atoms in total. The number of carbonyl (C=O) groups excluding carboxylic acids is 2. The molecule has 0 unspecified atom stereocenters. The molecular formula is C43H59N5O5. The van der Waals surface area contributed by atoms with E-state index >= 15 is 0 Å². The van der Waals surface area contributed by atoms with Crippen molar-refractivity contribution in [3.05, 3.63) is 83.4 Å². The number of fused-ring (bicyclic) bond motifs is 2. The number of amides is 2. The lowest BCUT2D eigenvalue weighted by atomic mass is 9.45. The van der Waals surface area contributed by atoms with Gasteiger partial charge in [0, 0.05) is 54.0 Å². The summed E-state index contributed by atoms with van der Waals surface area (Å²) in [5.41, 5.74) is 5.28. The molecule has 3 aliphatic carbocycles. The molecule has 8 atom stereocenters. The Hall–Kier alpha value is -3.96. The van der Waals surface area contributed by atoms with Crippen LogP contribution in [0.5, 0.6) is 5.75 Å². The Labute approximate surface area is 315 Å². The maximum absolute atomic E-state index is 14.1. The van der Waals surface area contributed by atoms with Crippen LogP contribution in [-0.4, -0.2) is 92.5 Å². The SMILES string of the molecule is CNc1cc(C(=O)N[C@@H](Cc2ccccc2)CN(C)C)cc(-c2cccc(CN3OC[C@@H]([C@H](C)O)[C@H]3C(=O)N[C@H]3C[C@H]4C[C@@H]([C@@H]3C)C4(C)C)c2OC)c1. The van der Waals surface area contributed by atoms with E-state index in [2.05, 4.69) is 53.8 Å². The van der Waals surface area contributed by atoms with E-state index in [1.165, 1.54) is 6.42 Å². The van der Waals surface area contributed by atoms with Gasteiger partial charge in [0.15, 0.2) is 0 Å². The number of para-hydroxylation sites is 1. The highest BCUT2D eigenvalue weighted by atomic mass is 16.7. The number of rotatable bonds is 14. The van der Waals surface area contributed by atoms with E-state index in [4.69, 9.17) is 9.57 Å². The first-order valence-electron chi connectivity index (χ1n) is 19.2. The Bertz CT molecular complexity index is 1750. The number of hydroxylamine groups is 2. The van der Waals surface area contributed by atoms with Crippen LogP contribution in [0.1, 0.15) is 62.0 Å². The van der Waals surface area contributed by atoms with Crippen molar-refractivity contribution in [2.75, 3.05) is 46.7 Å². The van der Waals surface area contributed by atoms with Gasteiger partial charge in [-0.25, -0.2) is 0 Å². The summed E-state index contributed by atoms with van der Waals surface area (Å²) in [4.78, 5) is 36.2. The number of benzene rings is 3. The van der Waals surface area contributed by atoms with Crippen LogP contribution in [0.25, 0.3) is 11.1 Å². The number of likely N-dealkylation sites (N-methyl/N-ethyl adjacent to an activating group) is 1. The number of ether oxygens (including phenoxy) is 1. The van der Waals surface area contributed by atoms with Crippen molar-refractivity contribution in [1.29, 1.82) is 0 Å². The number of methoxy groups -OCH3 is 1. The Morgan fingerprint density at radius 1 is 1.08 bits per heavy atom. The van der Waals surface area contributed by atoms with Gasteiger partial charge < -0.3 is 30.7 Å². The maximum atomic E-state index is 14.1. The third-order valence-electron chi connectivity index (χ3n) is 12.4. The molecule has 7 rings (SSSR count). The standard InChI is InChI=1S/C43H59N5O5/c1-26-37-21-32(43(37,3)4)22-38(26)46-42(51)39-36(27(2)49)25-53-48(39)23-29-15-12-16-35(40(29)52-8)30-18-31(20-33(19-30)44-5)41(50)45-34(24-47(6)7)17-28-13-10-9-11-14-28/h9-16,18-20,26-27,32,34,36-39,44,49H,17,21-25H2,1-8H3,(H,45,50)(H,46,51)/t26-,27-,32+,34-,36-,37-,38-,39-/m0/s1. The van der Waals surface area contributed by atoms with Gasteiger partial charge in [-0.3, -0.25) is 14.4 Å². The van der Waals surface area contributed by atoms with Crippen molar-refractivity contribution in [3.8, 4) is 16.9 Å². The van der Waals surface area contributed by atoms with Crippen molar-refractivity contribution < 1.29 is 24.3 Å². The normalized spacial score (nSPS) is 26.0. The van der Waals surface area contributed by atoms with Crippen molar-refractivity contribution >= 4 is 17.5 Å². The summed E-state index contributed by atoms with van der Waals surface area (Å²) in [6.07, 6.45) is 2.21. The number of hydrogen-bond acceptors (Lipinski definition) is 8.